The van der Waals surface area contributed by atoms with Crippen molar-refractivity contribution in [2.75, 3.05) is 19.0 Å². The van der Waals surface area contributed by atoms with Crippen LogP contribution in [0.4, 0.5) is 5.00 Å². The minimum absolute atomic E-state index is 0.00168. The van der Waals surface area contributed by atoms with Crippen molar-refractivity contribution in [1.82, 2.24) is 5.32 Å². The third-order valence-electron chi connectivity index (χ3n) is 4.08. The van der Waals surface area contributed by atoms with Crippen molar-refractivity contribution >= 4 is 51.5 Å². The molecule has 154 valence electrons. The number of rotatable bonds is 5. The number of ether oxygens (including phenoxy) is 2. The summed E-state index contributed by atoms with van der Waals surface area (Å²) in [6.07, 6.45) is 0. The summed E-state index contributed by atoms with van der Waals surface area (Å²) in [7, 11) is 1.26. The molecule has 0 saturated heterocycles. The molecule has 0 bridgehead atoms. The van der Waals surface area contributed by atoms with Crippen molar-refractivity contribution in [3.63, 3.8) is 0 Å². The van der Waals surface area contributed by atoms with Gasteiger partial charge in [0.25, 0.3) is 5.91 Å². The summed E-state index contributed by atoms with van der Waals surface area (Å²) < 4.78 is 9.84. The first kappa shape index (κ1) is 22.5. The number of carbonyl (C=O) groups excluding carboxylic acids is 3. The predicted octanol–water partition coefficient (Wildman–Crippen LogP) is 3.76. The van der Waals surface area contributed by atoms with E-state index in [2.05, 4.69) is 10.6 Å². The lowest BCUT2D eigenvalue weighted by Crippen LogP contribution is -2.34. The lowest BCUT2D eigenvalue weighted by atomic mass is 10.1. The number of methoxy groups -OCH3 is 1. The molecule has 2 N–H and O–H groups in total. The Morgan fingerprint density at radius 1 is 1.14 bits per heavy atom. The van der Waals surface area contributed by atoms with Crippen LogP contribution in [0, 0.1) is 20.8 Å². The molecule has 0 atom stereocenters. The van der Waals surface area contributed by atoms with Gasteiger partial charge in [0.05, 0.1) is 19.3 Å². The highest BCUT2D eigenvalue weighted by Crippen LogP contribution is 2.34. The Morgan fingerprint density at radius 3 is 2.41 bits per heavy atom. The first-order chi connectivity index (χ1) is 13.7. The van der Waals surface area contributed by atoms with Gasteiger partial charge in [-0.3, -0.25) is 10.1 Å². The van der Waals surface area contributed by atoms with Gasteiger partial charge < -0.3 is 14.8 Å². The number of nitrogens with one attached hydrogen (secondary N) is 2. The van der Waals surface area contributed by atoms with Gasteiger partial charge in [-0.2, -0.15) is 0 Å². The fraction of sp³-hybridized carbons (Fsp3) is 0.300. The molecule has 1 aromatic carbocycles. The maximum absolute atomic E-state index is 12.5. The first-order valence-electron chi connectivity index (χ1n) is 8.78. The summed E-state index contributed by atoms with van der Waals surface area (Å²) in [5, 5.41) is 5.72. The van der Waals surface area contributed by atoms with Gasteiger partial charge in [-0.25, -0.2) is 9.59 Å². The molecule has 0 unspecified atom stereocenters. The molecular weight excluding hydrogens is 412 g/mol. The Balaban J connectivity index is 2.27. The molecule has 1 amide bonds. The molecule has 0 saturated carbocycles. The fourth-order valence-corrected chi connectivity index (χ4v) is 4.09. The molecular formula is C20H22N2O5S2. The Morgan fingerprint density at radius 2 is 1.83 bits per heavy atom. The van der Waals surface area contributed by atoms with Crippen molar-refractivity contribution in [2.45, 2.75) is 27.7 Å². The van der Waals surface area contributed by atoms with E-state index in [1.165, 1.54) is 7.11 Å². The topological polar surface area (TPSA) is 93.7 Å². The third-order valence-corrected chi connectivity index (χ3v) is 5.47. The van der Waals surface area contributed by atoms with E-state index in [-0.39, 0.29) is 28.1 Å². The van der Waals surface area contributed by atoms with Crippen LogP contribution in [0.3, 0.4) is 0 Å². The van der Waals surface area contributed by atoms with Gasteiger partial charge in [0.15, 0.2) is 5.11 Å². The Kier molecular flexibility index (Phi) is 7.46. The molecule has 0 aliphatic carbocycles. The van der Waals surface area contributed by atoms with Gasteiger partial charge in [-0.15, -0.1) is 11.3 Å². The second kappa shape index (κ2) is 9.62. The van der Waals surface area contributed by atoms with Crippen molar-refractivity contribution in [3.05, 3.63) is 50.9 Å². The first-order valence-corrected chi connectivity index (χ1v) is 10.00. The standard InChI is InChI=1S/C20H22N2O5S2/c1-6-27-18(24)14-12(4)15(19(25)26-5)29-17(14)22-20(28)21-16(23)13-8-7-10(2)9-11(13)3/h7-9H,6H2,1-5H3,(H2,21,22,23,28). The summed E-state index contributed by atoms with van der Waals surface area (Å²) >= 11 is 6.24. The number of amides is 1. The van der Waals surface area contributed by atoms with Crippen molar-refractivity contribution < 1.29 is 23.9 Å². The SMILES string of the molecule is CCOC(=O)c1c(NC(=S)NC(=O)c2ccc(C)cc2C)sc(C(=O)OC)c1C. The van der Waals surface area contributed by atoms with Crippen LogP contribution < -0.4 is 10.6 Å². The number of hydrogen-bond acceptors (Lipinski definition) is 7. The van der Waals surface area contributed by atoms with Crippen LogP contribution in [0.1, 0.15) is 54.0 Å². The average Bonchev–Trinajstić information content (AvgIpc) is 2.96. The van der Waals surface area contributed by atoms with E-state index in [1.807, 2.05) is 26.0 Å². The zero-order valence-electron chi connectivity index (χ0n) is 16.8. The molecule has 0 spiro atoms. The van der Waals surface area contributed by atoms with E-state index in [0.717, 1.165) is 22.5 Å². The molecule has 0 aliphatic heterocycles. The number of anilines is 1. The van der Waals surface area contributed by atoms with Crippen LogP contribution in [0.2, 0.25) is 0 Å². The molecule has 0 aliphatic rings. The largest absolute Gasteiger partial charge is 0.465 e. The molecule has 29 heavy (non-hydrogen) atoms. The number of benzene rings is 1. The van der Waals surface area contributed by atoms with Crippen molar-refractivity contribution in [3.8, 4) is 0 Å². The summed E-state index contributed by atoms with van der Waals surface area (Å²) in [4.78, 5) is 37.1. The number of carbonyl (C=O) groups is 3. The molecule has 0 fully saturated rings. The van der Waals surface area contributed by atoms with Gasteiger partial charge in [0.1, 0.15) is 9.88 Å². The highest BCUT2D eigenvalue weighted by atomic mass is 32.1. The van der Waals surface area contributed by atoms with Crippen LogP contribution in [0.15, 0.2) is 18.2 Å². The van der Waals surface area contributed by atoms with E-state index in [0.29, 0.717) is 16.1 Å². The maximum atomic E-state index is 12.5. The number of thiophene rings is 1. The van der Waals surface area contributed by atoms with Crippen LogP contribution in [-0.4, -0.2) is 36.7 Å². The fourth-order valence-electron chi connectivity index (χ4n) is 2.71. The minimum atomic E-state index is -0.595. The van der Waals surface area contributed by atoms with E-state index >= 15 is 0 Å². The zero-order chi connectivity index (χ0) is 21.7. The summed E-state index contributed by atoms with van der Waals surface area (Å²) in [6.45, 7) is 7.26. The average molecular weight is 435 g/mol. The molecule has 0 radical (unpaired) electrons. The van der Waals surface area contributed by atoms with E-state index in [1.54, 1.807) is 19.9 Å². The molecule has 2 aromatic rings. The second-order valence-electron chi connectivity index (χ2n) is 6.20. The quantitative estimate of drug-likeness (QED) is 0.547. The van der Waals surface area contributed by atoms with Crippen molar-refractivity contribution in [1.29, 1.82) is 0 Å². The smallest absolute Gasteiger partial charge is 0.348 e. The Labute approximate surface area is 178 Å². The number of thiocarbonyl (C=S) groups is 1. The Bertz CT molecular complexity index is 981. The summed E-state index contributed by atoms with van der Waals surface area (Å²) in [5.74, 6) is -1.54. The summed E-state index contributed by atoms with van der Waals surface area (Å²) in [5.41, 5.74) is 2.95. The second-order valence-corrected chi connectivity index (χ2v) is 7.63. The van der Waals surface area contributed by atoms with E-state index < -0.39 is 11.9 Å². The minimum Gasteiger partial charge on any atom is -0.465 e. The van der Waals surface area contributed by atoms with E-state index in [9.17, 15) is 14.4 Å². The third kappa shape index (κ3) is 5.18. The number of aryl methyl sites for hydroxylation is 2. The van der Waals surface area contributed by atoms with Gasteiger partial charge in [-0.05, 0) is 57.1 Å². The van der Waals surface area contributed by atoms with Crippen LogP contribution in [0.5, 0.6) is 0 Å². The molecule has 2 rings (SSSR count). The normalized spacial score (nSPS) is 10.2. The summed E-state index contributed by atoms with van der Waals surface area (Å²) in [6, 6.07) is 5.45. The maximum Gasteiger partial charge on any atom is 0.348 e. The van der Waals surface area contributed by atoms with Gasteiger partial charge in [-0.1, -0.05) is 17.7 Å². The van der Waals surface area contributed by atoms with Gasteiger partial charge >= 0.3 is 11.9 Å². The monoisotopic (exact) mass is 434 g/mol. The Hall–Kier alpha value is -2.78. The molecule has 7 nitrogen and oxygen atoms in total. The molecule has 1 heterocycles. The molecule has 1 aromatic heterocycles. The number of esters is 2. The van der Waals surface area contributed by atoms with Crippen LogP contribution in [0.25, 0.3) is 0 Å². The lowest BCUT2D eigenvalue weighted by Gasteiger charge is -2.11. The van der Waals surface area contributed by atoms with Gasteiger partial charge in [0.2, 0.25) is 0 Å². The molecule has 9 heteroatoms. The van der Waals surface area contributed by atoms with Crippen LogP contribution in [-0.2, 0) is 9.47 Å². The zero-order valence-corrected chi connectivity index (χ0v) is 18.4. The van der Waals surface area contributed by atoms with Gasteiger partial charge in [0, 0.05) is 5.56 Å². The highest BCUT2D eigenvalue weighted by molar-refractivity contribution is 7.80. The lowest BCUT2D eigenvalue weighted by molar-refractivity contribution is 0.0527. The predicted molar refractivity (Wildman–Crippen MR) is 116 cm³/mol. The number of hydrogen-bond donors (Lipinski definition) is 2. The highest BCUT2D eigenvalue weighted by Gasteiger charge is 2.26. The van der Waals surface area contributed by atoms with E-state index in [4.69, 9.17) is 21.7 Å². The van der Waals surface area contributed by atoms with Crippen molar-refractivity contribution in [2.24, 2.45) is 0 Å². The van der Waals surface area contributed by atoms with Crippen LogP contribution >= 0.6 is 23.6 Å².